The van der Waals surface area contributed by atoms with Crippen LogP contribution in [0.15, 0.2) is 0 Å². The van der Waals surface area contributed by atoms with Crippen molar-refractivity contribution in [3.05, 3.63) is 0 Å². The van der Waals surface area contributed by atoms with E-state index in [0.717, 1.165) is 25.5 Å². The average Bonchev–Trinajstić information content (AvgIpc) is 2.49. The molecule has 162 valence electrons. The Morgan fingerprint density at radius 1 is 1.04 bits per heavy atom. The number of aliphatic hydroxyl groups excluding tert-OH is 1. The van der Waals surface area contributed by atoms with Crippen LogP contribution in [0.4, 0.5) is 13.2 Å². The molecule has 0 radical (unpaired) electrons. The van der Waals surface area contributed by atoms with Crippen molar-refractivity contribution in [1.82, 2.24) is 4.72 Å². The highest BCUT2D eigenvalue weighted by Crippen LogP contribution is 2.29. The third kappa shape index (κ3) is 6.29. The van der Waals surface area contributed by atoms with Gasteiger partial charge in [0.05, 0.1) is 0 Å². The van der Waals surface area contributed by atoms with Crippen molar-refractivity contribution in [1.29, 1.82) is 0 Å². The van der Waals surface area contributed by atoms with Gasteiger partial charge >= 0.3 is 33.4 Å². The van der Waals surface area contributed by atoms with Crippen LogP contribution >= 0.6 is 0 Å². The van der Waals surface area contributed by atoms with E-state index in [0.29, 0.717) is 0 Å². The van der Waals surface area contributed by atoms with E-state index in [9.17, 15) is 41.1 Å². The maximum absolute atomic E-state index is 12.7. The Bertz CT molecular complexity index is 710. The van der Waals surface area contributed by atoms with Gasteiger partial charge in [-0.25, -0.2) is 8.42 Å². The first-order valence-electron chi connectivity index (χ1n) is 7.55. The average molecular weight is 437 g/mol. The number of esters is 3. The summed E-state index contributed by atoms with van der Waals surface area (Å²) >= 11 is 0. The molecule has 2 N–H and O–H groups in total. The van der Waals surface area contributed by atoms with E-state index in [-0.39, 0.29) is 0 Å². The van der Waals surface area contributed by atoms with Gasteiger partial charge in [0.1, 0.15) is 18.8 Å². The molecule has 0 unspecified atom stereocenters. The van der Waals surface area contributed by atoms with Gasteiger partial charge in [-0.3, -0.25) is 14.4 Å². The second kappa shape index (κ2) is 9.02. The fraction of sp³-hybridized carbons (Fsp3) is 0.769. The first-order valence-corrected chi connectivity index (χ1v) is 9.04. The van der Waals surface area contributed by atoms with E-state index in [1.807, 2.05) is 0 Å². The predicted octanol–water partition coefficient (Wildman–Crippen LogP) is -1.06. The van der Waals surface area contributed by atoms with Gasteiger partial charge in [0.15, 0.2) is 18.5 Å². The quantitative estimate of drug-likeness (QED) is 0.388. The highest BCUT2D eigenvalue weighted by atomic mass is 32.2. The third-order valence-corrected chi connectivity index (χ3v) is 4.51. The first-order chi connectivity index (χ1) is 12.7. The molecule has 1 fully saturated rings. The smallest absolute Gasteiger partial charge is 0.463 e. The molecule has 15 heteroatoms. The number of nitrogens with one attached hydrogen (secondary N) is 1. The second-order valence-electron chi connectivity index (χ2n) is 5.61. The Morgan fingerprint density at radius 2 is 1.54 bits per heavy atom. The fourth-order valence-electron chi connectivity index (χ4n) is 2.29. The molecule has 11 nitrogen and oxygen atoms in total. The predicted molar refractivity (Wildman–Crippen MR) is 80.5 cm³/mol. The first kappa shape index (κ1) is 24.1. The number of carbonyl (C=O) groups is 3. The second-order valence-corrected chi connectivity index (χ2v) is 7.31. The van der Waals surface area contributed by atoms with Crippen LogP contribution in [-0.4, -0.2) is 74.2 Å². The number of hydrogen-bond acceptors (Lipinski definition) is 10. The Morgan fingerprint density at radius 3 is 1.96 bits per heavy atom. The summed E-state index contributed by atoms with van der Waals surface area (Å²) in [6.07, 6.45) is -7.37. The summed E-state index contributed by atoms with van der Waals surface area (Å²) < 4.78 is 81.2. The standard InChI is InChI=1S/C13H18F3NO10S/c1-5(18)24-4-8-10(25-6(2)19)11(26-7(3)20)9(12(21)27-8)17-28(22,23)13(14,15)16/h8-12,17,21H,4H2,1-3H3/t8-,9+,10-,11-,12+/m1/s1. The Hall–Kier alpha value is -1.97. The molecular weight excluding hydrogens is 419 g/mol. The van der Waals surface area contributed by atoms with Crippen LogP contribution in [0.2, 0.25) is 0 Å². The van der Waals surface area contributed by atoms with Gasteiger partial charge in [-0.2, -0.15) is 17.9 Å². The maximum Gasteiger partial charge on any atom is 0.511 e. The number of ether oxygens (including phenoxy) is 4. The molecule has 0 amide bonds. The topological polar surface area (TPSA) is 155 Å². The summed E-state index contributed by atoms with van der Waals surface area (Å²) in [5.41, 5.74) is -5.75. The van der Waals surface area contributed by atoms with Gasteiger partial charge in [-0.15, -0.1) is 0 Å². The van der Waals surface area contributed by atoms with E-state index < -0.39 is 70.7 Å². The van der Waals surface area contributed by atoms with Crippen LogP contribution in [-0.2, 0) is 43.4 Å². The molecule has 1 aliphatic heterocycles. The van der Waals surface area contributed by atoms with Gasteiger partial charge in [-0.05, 0) is 0 Å². The van der Waals surface area contributed by atoms with Crippen LogP contribution in [0.3, 0.4) is 0 Å². The minimum atomic E-state index is -6.00. The van der Waals surface area contributed by atoms with Crippen LogP contribution in [0.5, 0.6) is 0 Å². The lowest BCUT2D eigenvalue weighted by Gasteiger charge is -2.43. The lowest BCUT2D eigenvalue weighted by atomic mass is 9.97. The zero-order valence-electron chi connectivity index (χ0n) is 14.8. The minimum Gasteiger partial charge on any atom is -0.463 e. The molecule has 1 aliphatic rings. The molecule has 0 aliphatic carbocycles. The number of alkyl halides is 3. The maximum atomic E-state index is 12.7. The van der Waals surface area contributed by atoms with Crippen LogP contribution in [0.1, 0.15) is 20.8 Å². The van der Waals surface area contributed by atoms with E-state index in [1.165, 1.54) is 0 Å². The van der Waals surface area contributed by atoms with Crippen LogP contribution in [0.25, 0.3) is 0 Å². The number of carbonyl (C=O) groups excluding carboxylic acids is 3. The molecular formula is C13H18F3NO10S. The summed E-state index contributed by atoms with van der Waals surface area (Å²) in [7, 11) is -6.00. The van der Waals surface area contributed by atoms with Gasteiger partial charge in [0.25, 0.3) is 0 Å². The number of sulfonamides is 1. The summed E-state index contributed by atoms with van der Waals surface area (Å²) in [6.45, 7) is 2.14. The van der Waals surface area contributed by atoms with E-state index in [4.69, 9.17) is 14.2 Å². The molecule has 0 aromatic carbocycles. The van der Waals surface area contributed by atoms with Crippen molar-refractivity contribution >= 4 is 27.9 Å². The molecule has 0 aromatic rings. The van der Waals surface area contributed by atoms with E-state index >= 15 is 0 Å². The van der Waals surface area contributed by atoms with Crippen molar-refractivity contribution in [2.45, 2.75) is 56.9 Å². The third-order valence-electron chi connectivity index (χ3n) is 3.32. The van der Waals surface area contributed by atoms with Crippen LogP contribution in [0, 0.1) is 0 Å². The number of rotatable bonds is 6. The number of hydrogen-bond donors (Lipinski definition) is 2. The number of aliphatic hydroxyl groups is 1. The normalized spacial score (nSPS) is 28.3. The largest absolute Gasteiger partial charge is 0.511 e. The molecule has 0 bridgehead atoms. The van der Waals surface area contributed by atoms with Crippen LogP contribution < -0.4 is 4.72 Å². The molecule has 1 saturated heterocycles. The highest BCUT2D eigenvalue weighted by Gasteiger charge is 2.55. The zero-order valence-corrected chi connectivity index (χ0v) is 15.6. The van der Waals surface area contributed by atoms with Crippen molar-refractivity contribution in [2.24, 2.45) is 0 Å². The minimum absolute atomic E-state index is 0.638. The van der Waals surface area contributed by atoms with Crippen molar-refractivity contribution in [3.8, 4) is 0 Å². The molecule has 0 saturated carbocycles. The molecule has 1 rings (SSSR count). The lowest BCUT2D eigenvalue weighted by molar-refractivity contribution is -0.262. The molecule has 5 atom stereocenters. The SMILES string of the molecule is CC(=O)OC[C@H]1O[C@H](O)[C@@H](NS(=O)(=O)C(F)(F)F)[C@@H](OC(C)=O)[C@@H]1OC(C)=O. The van der Waals surface area contributed by atoms with Gasteiger partial charge in [0, 0.05) is 20.8 Å². The Labute approximate surface area is 157 Å². The Balaban J connectivity index is 3.29. The molecule has 0 aromatic heterocycles. The molecule has 28 heavy (non-hydrogen) atoms. The van der Waals surface area contributed by atoms with E-state index in [2.05, 4.69) is 4.74 Å². The Kier molecular flexibility index (Phi) is 7.75. The van der Waals surface area contributed by atoms with Gasteiger partial charge in [0.2, 0.25) is 0 Å². The lowest BCUT2D eigenvalue weighted by Crippen LogP contribution is -2.67. The fourth-order valence-corrected chi connectivity index (χ4v) is 3.03. The summed E-state index contributed by atoms with van der Waals surface area (Å²) in [5, 5.41) is 9.98. The van der Waals surface area contributed by atoms with Crippen molar-refractivity contribution in [2.75, 3.05) is 6.61 Å². The van der Waals surface area contributed by atoms with Crippen molar-refractivity contribution in [3.63, 3.8) is 0 Å². The molecule has 0 spiro atoms. The van der Waals surface area contributed by atoms with E-state index in [1.54, 1.807) is 0 Å². The van der Waals surface area contributed by atoms with Gasteiger partial charge < -0.3 is 24.1 Å². The summed E-state index contributed by atoms with van der Waals surface area (Å²) in [6, 6.07) is -2.19. The summed E-state index contributed by atoms with van der Waals surface area (Å²) in [4.78, 5) is 33.7. The number of halogens is 3. The summed E-state index contributed by atoms with van der Waals surface area (Å²) in [5.74, 6) is -2.88. The van der Waals surface area contributed by atoms with Gasteiger partial charge in [-0.1, -0.05) is 0 Å². The highest BCUT2D eigenvalue weighted by molar-refractivity contribution is 7.90. The zero-order chi connectivity index (χ0) is 21.9. The monoisotopic (exact) mass is 437 g/mol. The van der Waals surface area contributed by atoms with Crippen molar-refractivity contribution < 1.29 is 60.0 Å². The molecule has 1 heterocycles.